The van der Waals surface area contributed by atoms with Crippen LogP contribution in [0, 0.1) is 0 Å². The third kappa shape index (κ3) is 7.49. The molecule has 0 bridgehead atoms. The van der Waals surface area contributed by atoms with Gasteiger partial charge in [-0.3, -0.25) is 4.79 Å². The second-order valence-electron chi connectivity index (χ2n) is 6.71. The lowest BCUT2D eigenvalue weighted by atomic mass is 10.1. The van der Waals surface area contributed by atoms with Crippen molar-refractivity contribution in [2.24, 2.45) is 0 Å². The molecule has 1 aromatic rings. The van der Waals surface area contributed by atoms with Crippen LogP contribution in [-0.4, -0.2) is 40.8 Å². The second-order valence-corrected chi connectivity index (χ2v) is 7.55. The zero-order chi connectivity index (χ0) is 20.1. The zero-order valence-corrected chi connectivity index (χ0v) is 16.4. The van der Waals surface area contributed by atoms with Crippen LogP contribution in [0.1, 0.15) is 33.3 Å². The van der Waals surface area contributed by atoms with E-state index < -0.39 is 35.7 Å². The van der Waals surface area contributed by atoms with Gasteiger partial charge in [0.05, 0.1) is 0 Å². The molecule has 1 aromatic carbocycles. The summed E-state index contributed by atoms with van der Waals surface area (Å²) in [4.78, 5) is 35.3. The van der Waals surface area contributed by atoms with Crippen LogP contribution in [0.25, 0.3) is 0 Å². The summed E-state index contributed by atoms with van der Waals surface area (Å²) in [5, 5.41) is 14.8. The number of carbonyl (C=O) groups is 3. The van der Waals surface area contributed by atoms with E-state index in [2.05, 4.69) is 10.6 Å². The number of amides is 2. The number of alkyl carbamates (subject to hydrolysis) is 1. The van der Waals surface area contributed by atoms with Crippen molar-refractivity contribution < 1.29 is 24.2 Å². The van der Waals surface area contributed by atoms with E-state index in [0.29, 0.717) is 15.6 Å². The molecule has 0 aromatic heterocycles. The largest absolute Gasteiger partial charge is 0.480 e. The van der Waals surface area contributed by atoms with Gasteiger partial charge in [0.2, 0.25) is 5.91 Å². The Morgan fingerprint density at radius 1 is 1.19 bits per heavy atom. The molecule has 0 aliphatic heterocycles. The highest BCUT2D eigenvalue weighted by atomic mass is 35.5. The van der Waals surface area contributed by atoms with Gasteiger partial charge in [0.1, 0.15) is 17.7 Å². The summed E-state index contributed by atoms with van der Waals surface area (Å²) in [6, 6.07) is 2.47. The van der Waals surface area contributed by atoms with Gasteiger partial charge >= 0.3 is 12.1 Å². The summed E-state index contributed by atoms with van der Waals surface area (Å²) >= 11 is 11.9. The van der Waals surface area contributed by atoms with Crippen LogP contribution >= 0.6 is 23.2 Å². The minimum Gasteiger partial charge on any atom is -0.480 e. The van der Waals surface area contributed by atoms with Crippen LogP contribution < -0.4 is 10.6 Å². The molecule has 0 saturated carbocycles. The van der Waals surface area contributed by atoms with E-state index in [9.17, 15) is 19.5 Å². The van der Waals surface area contributed by atoms with Crippen LogP contribution in [0.2, 0.25) is 10.0 Å². The van der Waals surface area contributed by atoms with Crippen molar-refractivity contribution in [2.75, 3.05) is 0 Å². The maximum Gasteiger partial charge on any atom is 0.408 e. The lowest BCUT2D eigenvalue weighted by Gasteiger charge is -2.22. The molecule has 0 saturated heterocycles. The first-order valence-electron chi connectivity index (χ1n) is 7.85. The monoisotopic (exact) mass is 404 g/mol. The molecule has 0 aliphatic rings. The van der Waals surface area contributed by atoms with Crippen molar-refractivity contribution in [1.29, 1.82) is 0 Å². The predicted octanol–water partition coefficient (Wildman–Crippen LogP) is 3.02. The molecule has 0 spiro atoms. The number of carbonyl (C=O) groups excluding carboxylic acids is 2. The number of hydrogen-bond donors (Lipinski definition) is 3. The fourth-order valence-electron chi connectivity index (χ4n) is 1.95. The van der Waals surface area contributed by atoms with Gasteiger partial charge < -0.3 is 20.5 Å². The smallest absolute Gasteiger partial charge is 0.408 e. The molecular weight excluding hydrogens is 383 g/mol. The van der Waals surface area contributed by atoms with Crippen molar-refractivity contribution in [2.45, 2.75) is 51.8 Å². The molecule has 3 N–H and O–H groups in total. The number of carboxylic acid groups (broad SMARTS) is 1. The highest BCUT2D eigenvalue weighted by molar-refractivity contribution is 6.35. The van der Waals surface area contributed by atoms with E-state index in [1.54, 1.807) is 32.9 Å². The number of benzene rings is 1. The van der Waals surface area contributed by atoms with Gasteiger partial charge in [0.15, 0.2) is 0 Å². The number of aliphatic carboxylic acids is 1. The van der Waals surface area contributed by atoms with Crippen molar-refractivity contribution >= 4 is 41.2 Å². The van der Waals surface area contributed by atoms with E-state index in [0.717, 1.165) is 0 Å². The van der Waals surface area contributed by atoms with Gasteiger partial charge in [-0.25, -0.2) is 9.59 Å². The van der Waals surface area contributed by atoms with E-state index in [-0.39, 0.29) is 6.42 Å². The van der Waals surface area contributed by atoms with Crippen molar-refractivity contribution in [3.05, 3.63) is 33.8 Å². The Labute approximate surface area is 162 Å². The molecule has 0 heterocycles. The highest BCUT2D eigenvalue weighted by Gasteiger charge is 2.26. The molecule has 26 heavy (non-hydrogen) atoms. The molecule has 2 amide bonds. The normalized spacial score (nSPS) is 13.5. The molecular formula is C17H22Cl2N2O5. The number of rotatable bonds is 6. The Bertz CT molecular complexity index is 688. The molecule has 0 fully saturated rings. The Morgan fingerprint density at radius 3 is 2.31 bits per heavy atom. The van der Waals surface area contributed by atoms with E-state index >= 15 is 0 Å². The van der Waals surface area contributed by atoms with Crippen LogP contribution in [0.4, 0.5) is 4.79 Å². The first kappa shape index (κ1) is 22.1. The van der Waals surface area contributed by atoms with E-state index in [1.165, 1.54) is 13.0 Å². The van der Waals surface area contributed by atoms with Crippen LogP contribution in [0.15, 0.2) is 18.2 Å². The zero-order valence-electron chi connectivity index (χ0n) is 14.9. The van der Waals surface area contributed by atoms with Crippen molar-refractivity contribution in [3.63, 3.8) is 0 Å². The standard InChI is InChI=1S/C17H22Cl2N2O5/c1-9(20-16(25)26-17(2,3)4)14(22)21-13(15(23)24)7-10-5-6-11(18)8-12(10)19/h5-6,8-9,13H,7H2,1-4H3,(H,20,25)(H,21,22)(H,23,24)/t9?,13-/m0/s1. The number of nitrogens with one attached hydrogen (secondary N) is 2. The summed E-state index contributed by atoms with van der Waals surface area (Å²) < 4.78 is 5.06. The number of ether oxygens (including phenoxy) is 1. The van der Waals surface area contributed by atoms with E-state index in [1.807, 2.05) is 0 Å². The molecule has 0 aliphatic carbocycles. The van der Waals surface area contributed by atoms with Crippen LogP contribution in [0.5, 0.6) is 0 Å². The second kappa shape index (κ2) is 9.09. The first-order chi connectivity index (χ1) is 11.9. The summed E-state index contributed by atoms with van der Waals surface area (Å²) in [5.41, 5.74) is -0.189. The third-order valence-corrected chi connectivity index (χ3v) is 3.77. The fourth-order valence-corrected chi connectivity index (χ4v) is 2.44. The van der Waals surface area contributed by atoms with Gasteiger partial charge in [-0.15, -0.1) is 0 Å². The SMILES string of the molecule is CC(NC(=O)OC(C)(C)C)C(=O)N[C@@H](Cc1ccc(Cl)cc1Cl)C(=O)O. The number of halogens is 2. The lowest BCUT2D eigenvalue weighted by Crippen LogP contribution is -2.51. The maximum atomic E-state index is 12.2. The van der Waals surface area contributed by atoms with Gasteiger partial charge in [0, 0.05) is 16.5 Å². The quantitative estimate of drug-likeness (QED) is 0.675. The van der Waals surface area contributed by atoms with Gasteiger partial charge in [-0.1, -0.05) is 29.3 Å². The summed E-state index contributed by atoms with van der Waals surface area (Å²) in [6.07, 6.45) is -0.802. The topological polar surface area (TPSA) is 105 Å². The molecule has 144 valence electrons. The predicted molar refractivity (Wildman–Crippen MR) is 98.6 cm³/mol. The summed E-state index contributed by atoms with van der Waals surface area (Å²) in [7, 11) is 0. The lowest BCUT2D eigenvalue weighted by molar-refractivity contribution is -0.142. The Hall–Kier alpha value is -1.99. The average molecular weight is 405 g/mol. The molecule has 0 radical (unpaired) electrons. The third-order valence-electron chi connectivity index (χ3n) is 3.18. The van der Waals surface area contributed by atoms with Crippen LogP contribution in [0.3, 0.4) is 0 Å². The molecule has 1 unspecified atom stereocenters. The average Bonchev–Trinajstić information content (AvgIpc) is 2.46. The molecule has 1 rings (SSSR count). The van der Waals surface area contributed by atoms with Crippen LogP contribution in [-0.2, 0) is 20.7 Å². The minimum atomic E-state index is -1.23. The van der Waals surface area contributed by atoms with Crippen molar-refractivity contribution in [1.82, 2.24) is 10.6 Å². The molecule has 9 heteroatoms. The molecule has 7 nitrogen and oxygen atoms in total. The van der Waals surface area contributed by atoms with Gasteiger partial charge in [-0.05, 0) is 45.4 Å². The highest BCUT2D eigenvalue weighted by Crippen LogP contribution is 2.22. The van der Waals surface area contributed by atoms with Crippen molar-refractivity contribution in [3.8, 4) is 0 Å². The Balaban J connectivity index is 2.73. The van der Waals surface area contributed by atoms with Gasteiger partial charge in [0.25, 0.3) is 0 Å². The Morgan fingerprint density at radius 2 is 1.81 bits per heavy atom. The maximum absolute atomic E-state index is 12.2. The number of carboxylic acids is 1. The number of hydrogen-bond acceptors (Lipinski definition) is 4. The summed E-state index contributed by atoms with van der Waals surface area (Å²) in [5.74, 6) is -1.89. The van der Waals surface area contributed by atoms with E-state index in [4.69, 9.17) is 27.9 Å². The molecule has 2 atom stereocenters. The summed E-state index contributed by atoms with van der Waals surface area (Å²) in [6.45, 7) is 6.49. The fraction of sp³-hybridized carbons (Fsp3) is 0.471. The first-order valence-corrected chi connectivity index (χ1v) is 8.61. The Kier molecular flexibility index (Phi) is 7.71. The minimum absolute atomic E-state index is 0.0315. The van der Waals surface area contributed by atoms with Gasteiger partial charge in [-0.2, -0.15) is 0 Å².